The summed E-state index contributed by atoms with van der Waals surface area (Å²) in [5, 5.41) is 137. The van der Waals surface area contributed by atoms with Gasteiger partial charge in [0, 0.05) is 13.0 Å². The number of methoxy groups -OCH3 is 1. The molecule has 23 nitrogen and oxygen atoms in total. The fraction of sp³-hybridized carbons (Fsp3) is 0.925. The molecule has 7 fully saturated rings. The van der Waals surface area contributed by atoms with Crippen LogP contribution in [0, 0.1) is 40.4 Å². The molecule has 76 heavy (non-hydrogen) atoms. The van der Waals surface area contributed by atoms with Crippen molar-refractivity contribution >= 4 is 0 Å². The molecule has 0 aromatic heterocycles. The highest BCUT2D eigenvalue weighted by Crippen LogP contribution is 2.67. The molecule has 13 N–H and O–H groups in total. The zero-order valence-corrected chi connectivity index (χ0v) is 44.5. The lowest BCUT2D eigenvalue weighted by Gasteiger charge is -2.58. The van der Waals surface area contributed by atoms with Gasteiger partial charge in [0.1, 0.15) is 110 Å². The van der Waals surface area contributed by atoms with Crippen molar-refractivity contribution in [1.29, 1.82) is 0 Å². The molecule has 0 aromatic rings. The molecule has 438 valence electrons. The van der Waals surface area contributed by atoms with Crippen molar-refractivity contribution in [3.05, 3.63) is 24.0 Å². The quantitative estimate of drug-likeness (QED) is 0.0501. The number of hydrogen-bond donors (Lipinski definition) is 13. The first-order valence-electron chi connectivity index (χ1n) is 27.5. The Hall–Kier alpha value is -1.60. The van der Waals surface area contributed by atoms with Gasteiger partial charge in [-0.05, 0) is 99.2 Å². The second kappa shape index (κ2) is 24.9. The van der Waals surface area contributed by atoms with Gasteiger partial charge in [0.05, 0.1) is 38.6 Å². The Morgan fingerprint density at radius 3 is 1.87 bits per heavy atom. The second-order valence-corrected chi connectivity index (χ2v) is 23.6. The summed E-state index contributed by atoms with van der Waals surface area (Å²) in [5.74, 6) is 1.76. The molecule has 30 atom stereocenters. The molecule has 0 aromatic carbocycles. The predicted molar refractivity (Wildman–Crippen MR) is 262 cm³/mol. The molecule has 4 heterocycles. The van der Waals surface area contributed by atoms with Crippen molar-refractivity contribution < 1.29 is 114 Å². The lowest BCUT2D eigenvalue weighted by Crippen LogP contribution is -2.67. The van der Waals surface area contributed by atoms with Crippen LogP contribution >= 0.6 is 0 Å². The summed E-state index contributed by atoms with van der Waals surface area (Å²) in [6.07, 6.45) is -22.3. The van der Waals surface area contributed by atoms with Gasteiger partial charge in [-0.3, -0.25) is 0 Å². The van der Waals surface area contributed by atoms with Crippen molar-refractivity contribution in [2.24, 2.45) is 40.4 Å². The van der Waals surface area contributed by atoms with Crippen LogP contribution in [0.1, 0.15) is 92.4 Å². The molecule has 4 aliphatic carbocycles. The molecular weight excluding hydrogens is 1000 g/mol. The molecule has 4 saturated heterocycles. The average molecular weight is 1090 g/mol. The van der Waals surface area contributed by atoms with Gasteiger partial charge in [-0.2, -0.15) is 0 Å². The summed E-state index contributed by atoms with van der Waals surface area (Å²) in [6.45, 7) is 12.8. The zero-order valence-electron chi connectivity index (χ0n) is 44.5. The molecule has 0 amide bonds. The van der Waals surface area contributed by atoms with Gasteiger partial charge >= 0.3 is 0 Å². The molecule has 0 bridgehead atoms. The van der Waals surface area contributed by atoms with Crippen LogP contribution < -0.4 is 0 Å². The van der Waals surface area contributed by atoms with Gasteiger partial charge in [-0.25, -0.2) is 0 Å². The number of rotatable bonds is 19. The van der Waals surface area contributed by atoms with E-state index in [0.717, 1.165) is 38.5 Å². The Morgan fingerprint density at radius 2 is 1.25 bits per heavy atom. The summed E-state index contributed by atoms with van der Waals surface area (Å²) in [4.78, 5) is 0. The highest BCUT2D eigenvalue weighted by atomic mass is 16.8. The van der Waals surface area contributed by atoms with E-state index in [1.807, 2.05) is 6.92 Å². The van der Waals surface area contributed by atoms with Crippen molar-refractivity contribution in [3.8, 4) is 0 Å². The van der Waals surface area contributed by atoms with Crippen LogP contribution in [0.15, 0.2) is 24.0 Å². The van der Waals surface area contributed by atoms with Gasteiger partial charge in [0.25, 0.3) is 0 Å². The fourth-order valence-electron chi connectivity index (χ4n) is 14.5. The van der Waals surface area contributed by atoms with Gasteiger partial charge in [-0.15, -0.1) is 0 Å². The Balaban J connectivity index is 0.947. The van der Waals surface area contributed by atoms with E-state index in [4.69, 9.17) is 47.4 Å². The summed E-state index contributed by atoms with van der Waals surface area (Å²) < 4.78 is 60.9. The van der Waals surface area contributed by atoms with Crippen molar-refractivity contribution in [2.75, 3.05) is 33.5 Å². The van der Waals surface area contributed by atoms with Crippen LogP contribution in [0.2, 0.25) is 0 Å². The number of aliphatic hydroxyl groups is 13. The molecule has 0 spiro atoms. The van der Waals surface area contributed by atoms with Gasteiger partial charge in [0.2, 0.25) is 0 Å². The third-order valence-electron chi connectivity index (χ3n) is 19.0. The maximum atomic E-state index is 11.7. The van der Waals surface area contributed by atoms with Crippen molar-refractivity contribution in [1.82, 2.24) is 0 Å². The van der Waals surface area contributed by atoms with Gasteiger partial charge in [-0.1, -0.05) is 45.9 Å². The SMILES string of the molecule is C=C(OC1CC2C3CC=C4CC(OC5OC(CO)C(O)C(OC6OC(CO)C(O)C(O)C6O)C5OC5OC(C)C(O)C(O)C5O)CCC4(C)C3CCC2(C)C1CC)C(CC(C)COC1OC(CO)C(O)C(O)C1O)OC. The van der Waals surface area contributed by atoms with Gasteiger partial charge in [0.15, 0.2) is 25.2 Å². The minimum atomic E-state index is -1.88. The number of allylic oxidation sites excluding steroid dienone is 1. The third kappa shape index (κ3) is 11.6. The molecule has 8 rings (SSSR count). The fourth-order valence-corrected chi connectivity index (χ4v) is 14.5. The minimum Gasteiger partial charge on any atom is -0.492 e. The second-order valence-electron chi connectivity index (χ2n) is 23.6. The van der Waals surface area contributed by atoms with E-state index in [1.165, 1.54) is 12.5 Å². The Labute approximate surface area is 444 Å². The van der Waals surface area contributed by atoms with E-state index in [0.29, 0.717) is 42.8 Å². The number of ether oxygens (including phenoxy) is 10. The molecular formula is C53H88O23. The predicted octanol–water partition coefficient (Wildman–Crippen LogP) is -1.80. The smallest absolute Gasteiger partial charge is 0.187 e. The van der Waals surface area contributed by atoms with Crippen LogP contribution in [0.4, 0.5) is 0 Å². The van der Waals surface area contributed by atoms with Crippen molar-refractivity contribution in [3.63, 3.8) is 0 Å². The molecule has 8 aliphatic rings. The van der Waals surface area contributed by atoms with E-state index < -0.39 is 155 Å². The molecule has 0 radical (unpaired) electrons. The molecule has 30 unspecified atom stereocenters. The Kier molecular flexibility index (Phi) is 19.8. The normalized spacial score (nSPS) is 50.4. The number of fused-ring (bicyclic) bond motifs is 5. The first-order chi connectivity index (χ1) is 36.0. The Bertz CT molecular complexity index is 1930. The standard InChI is InChI=1S/C53H88O23/c1-8-28-32(69-23(3)31(67-7)15-22(2)21-68-48-43(64)41(62)37(58)33(18-54)72-48)17-30-27-10-9-25-16-26(11-13-52(25,5)29(27)12-14-53(28,30)6)71-51-47(76-49-44(65)40(61)36(57)24(4)70-49)46(39(60)35(20-56)74-51)75-50-45(66)42(63)38(59)34(19-55)73-50/h9,22,24,26-51,54-66H,3,8,10-21H2,1-2,4-7H3. The maximum absolute atomic E-state index is 11.7. The summed E-state index contributed by atoms with van der Waals surface area (Å²) >= 11 is 0. The van der Waals surface area contributed by atoms with Crippen molar-refractivity contribution in [2.45, 2.75) is 234 Å². The lowest BCUT2D eigenvalue weighted by molar-refractivity contribution is -0.394. The van der Waals surface area contributed by atoms with E-state index in [2.05, 4.69) is 33.4 Å². The Morgan fingerprint density at radius 1 is 0.684 bits per heavy atom. The van der Waals surface area contributed by atoms with Crippen LogP contribution in [0.3, 0.4) is 0 Å². The summed E-state index contributed by atoms with van der Waals surface area (Å²) in [5.41, 5.74) is 1.08. The maximum Gasteiger partial charge on any atom is 0.187 e. The van der Waals surface area contributed by atoms with E-state index in [9.17, 15) is 66.4 Å². The largest absolute Gasteiger partial charge is 0.492 e. The molecule has 4 aliphatic heterocycles. The average Bonchev–Trinajstić information content (AvgIpc) is 3.76. The highest BCUT2D eigenvalue weighted by molar-refractivity contribution is 5.26. The molecule has 23 heteroatoms. The van der Waals surface area contributed by atoms with E-state index in [-0.39, 0.29) is 35.4 Å². The van der Waals surface area contributed by atoms with Crippen LogP contribution in [0.5, 0.6) is 0 Å². The number of hydrogen-bond acceptors (Lipinski definition) is 23. The highest BCUT2D eigenvalue weighted by Gasteiger charge is 2.62. The van der Waals surface area contributed by atoms with Crippen LogP contribution in [-0.2, 0) is 47.4 Å². The minimum absolute atomic E-state index is 0.00883. The lowest BCUT2D eigenvalue weighted by atomic mass is 9.47. The third-order valence-corrected chi connectivity index (χ3v) is 19.0. The summed E-state index contributed by atoms with van der Waals surface area (Å²) in [6, 6.07) is 0. The first-order valence-corrected chi connectivity index (χ1v) is 27.5. The van der Waals surface area contributed by atoms with Crippen LogP contribution in [0.25, 0.3) is 0 Å². The van der Waals surface area contributed by atoms with Gasteiger partial charge < -0.3 is 114 Å². The number of aliphatic hydroxyl groups excluding tert-OH is 13. The van der Waals surface area contributed by atoms with E-state index >= 15 is 0 Å². The topological polar surface area (TPSA) is 355 Å². The summed E-state index contributed by atoms with van der Waals surface area (Å²) in [7, 11) is 1.61. The van der Waals surface area contributed by atoms with E-state index in [1.54, 1.807) is 7.11 Å². The zero-order chi connectivity index (χ0) is 55.3. The first kappa shape index (κ1) is 60.5. The van der Waals surface area contributed by atoms with Crippen LogP contribution in [-0.4, -0.2) is 241 Å². The molecule has 3 saturated carbocycles. The monoisotopic (exact) mass is 1090 g/mol.